The Balaban J connectivity index is 1.28. The molecule has 0 bridgehead atoms. The van der Waals surface area contributed by atoms with E-state index in [-0.39, 0.29) is 6.03 Å². The predicted molar refractivity (Wildman–Crippen MR) is 106 cm³/mol. The predicted octanol–water partition coefficient (Wildman–Crippen LogP) is 2.75. The number of para-hydroxylation sites is 2. The standard InChI is InChI=1S/C21H26N4O/c26-21(24-15-11-22(12-16-24)19-7-3-1-4-8-19)25-17-13-23(14-18-25)20-9-5-2-6-10-20/h1-10H,11-18H2. The van der Waals surface area contributed by atoms with E-state index in [0.717, 1.165) is 52.4 Å². The molecule has 26 heavy (non-hydrogen) atoms. The molecule has 0 N–H and O–H groups in total. The van der Waals surface area contributed by atoms with Gasteiger partial charge in [0.1, 0.15) is 0 Å². The first-order chi connectivity index (χ1) is 12.8. The smallest absolute Gasteiger partial charge is 0.320 e. The van der Waals surface area contributed by atoms with Gasteiger partial charge in [-0.15, -0.1) is 0 Å². The van der Waals surface area contributed by atoms with Crippen LogP contribution < -0.4 is 9.80 Å². The zero-order valence-electron chi connectivity index (χ0n) is 15.1. The minimum absolute atomic E-state index is 0.199. The van der Waals surface area contributed by atoms with Gasteiger partial charge in [0.15, 0.2) is 0 Å². The highest BCUT2D eigenvalue weighted by Gasteiger charge is 2.27. The van der Waals surface area contributed by atoms with Gasteiger partial charge in [0.2, 0.25) is 0 Å². The molecular weight excluding hydrogens is 324 g/mol. The van der Waals surface area contributed by atoms with Crippen LogP contribution in [0, 0.1) is 0 Å². The molecule has 0 atom stereocenters. The Morgan fingerprint density at radius 3 is 1.23 bits per heavy atom. The van der Waals surface area contributed by atoms with E-state index in [2.05, 4.69) is 58.3 Å². The first kappa shape index (κ1) is 16.8. The van der Waals surface area contributed by atoms with Gasteiger partial charge in [0, 0.05) is 63.7 Å². The SMILES string of the molecule is O=C(N1CCN(c2ccccc2)CC1)N1CCN(c2ccccc2)CC1. The minimum Gasteiger partial charge on any atom is -0.368 e. The average molecular weight is 350 g/mol. The summed E-state index contributed by atoms with van der Waals surface area (Å²) >= 11 is 0. The van der Waals surface area contributed by atoms with Crippen molar-refractivity contribution in [3.63, 3.8) is 0 Å². The number of rotatable bonds is 2. The molecule has 2 aliphatic heterocycles. The third kappa shape index (κ3) is 3.62. The first-order valence-corrected chi connectivity index (χ1v) is 9.45. The maximum absolute atomic E-state index is 12.9. The summed E-state index contributed by atoms with van der Waals surface area (Å²) in [4.78, 5) is 21.6. The fourth-order valence-corrected chi connectivity index (χ4v) is 3.79. The van der Waals surface area contributed by atoms with E-state index in [1.165, 1.54) is 11.4 Å². The molecule has 2 saturated heterocycles. The Kier molecular flexibility index (Phi) is 4.95. The molecule has 0 unspecified atom stereocenters. The Morgan fingerprint density at radius 2 is 0.885 bits per heavy atom. The number of hydrogen-bond donors (Lipinski definition) is 0. The Morgan fingerprint density at radius 1 is 0.538 bits per heavy atom. The van der Waals surface area contributed by atoms with Crippen molar-refractivity contribution in [1.29, 1.82) is 0 Å². The van der Waals surface area contributed by atoms with Crippen LogP contribution in [0.25, 0.3) is 0 Å². The van der Waals surface area contributed by atoms with Gasteiger partial charge in [0.05, 0.1) is 0 Å². The van der Waals surface area contributed by atoms with E-state index < -0.39 is 0 Å². The summed E-state index contributed by atoms with van der Waals surface area (Å²) in [5.41, 5.74) is 2.49. The van der Waals surface area contributed by atoms with Crippen LogP contribution >= 0.6 is 0 Å². The van der Waals surface area contributed by atoms with Crippen LogP contribution in [0.15, 0.2) is 60.7 Å². The van der Waals surface area contributed by atoms with E-state index >= 15 is 0 Å². The van der Waals surface area contributed by atoms with Crippen molar-refractivity contribution in [2.24, 2.45) is 0 Å². The average Bonchev–Trinajstić information content (AvgIpc) is 2.75. The molecule has 2 aliphatic rings. The molecule has 5 nitrogen and oxygen atoms in total. The lowest BCUT2D eigenvalue weighted by Crippen LogP contribution is -2.57. The van der Waals surface area contributed by atoms with Crippen LogP contribution in [0.1, 0.15) is 0 Å². The second-order valence-electron chi connectivity index (χ2n) is 6.90. The number of carbonyl (C=O) groups excluding carboxylic acids is 1. The van der Waals surface area contributed by atoms with Crippen molar-refractivity contribution < 1.29 is 4.79 Å². The van der Waals surface area contributed by atoms with Crippen LogP contribution in [-0.4, -0.2) is 68.2 Å². The largest absolute Gasteiger partial charge is 0.368 e. The number of piperazine rings is 2. The summed E-state index contributed by atoms with van der Waals surface area (Å²) in [6.07, 6.45) is 0. The van der Waals surface area contributed by atoms with E-state index in [9.17, 15) is 4.79 Å². The summed E-state index contributed by atoms with van der Waals surface area (Å²) in [5, 5.41) is 0. The minimum atomic E-state index is 0.199. The molecule has 136 valence electrons. The lowest BCUT2D eigenvalue weighted by molar-refractivity contribution is 0.147. The molecular formula is C21H26N4O. The highest BCUT2D eigenvalue weighted by molar-refractivity contribution is 5.75. The molecule has 2 amide bonds. The fourth-order valence-electron chi connectivity index (χ4n) is 3.79. The van der Waals surface area contributed by atoms with E-state index in [4.69, 9.17) is 0 Å². The molecule has 0 radical (unpaired) electrons. The monoisotopic (exact) mass is 350 g/mol. The van der Waals surface area contributed by atoms with Crippen molar-refractivity contribution >= 4 is 17.4 Å². The summed E-state index contributed by atoms with van der Waals surface area (Å²) in [6.45, 7) is 6.80. The molecule has 2 aromatic rings. The Labute approximate surface area is 155 Å². The molecule has 0 aliphatic carbocycles. The van der Waals surface area contributed by atoms with Gasteiger partial charge in [-0.3, -0.25) is 0 Å². The maximum Gasteiger partial charge on any atom is 0.320 e. The molecule has 4 rings (SSSR count). The number of urea groups is 1. The van der Waals surface area contributed by atoms with E-state index in [1.807, 2.05) is 21.9 Å². The van der Waals surface area contributed by atoms with Crippen molar-refractivity contribution in [2.45, 2.75) is 0 Å². The third-order valence-corrected chi connectivity index (χ3v) is 5.34. The molecule has 0 spiro atoms. The second-order valence-corrected chi connectivity index (χ2v) is 6.90. The molecule has 2 heterocycles. The number of carbonyl (C=O) groups is 1. The van der Waals surface area contributed by atoms with Gasteiger partial charge >= 0.3 is 6.03 Å². The van der Waals surface area contributed by atoms with Crippen LogP contribution in [0.2, 0.25) is 0 Å². The van der Waals surface area contributed by atoms with Crippen LogP contribution in [0.3, 0.4) is 0 Å². The molecule has 2 aromatic carbocycles. The second kappa shape index (κ2) is 7.68. The fraction of sp³-hybridized carbons (Fsp3) is 0.381. The van der Waals surface area contributed by atoms with Gasteiger partial charge < -0.3 is 19.6 Å². The van der Waals surface area contributed by atoms with Crippen molar-refractivity contribution in [3.05, 3.63) is 60.7 Å². The highest BCUT2D eigenvalue weighted by atomic mass is 16.2. The van der Waals surface area contributed by atoms with Gasteiger partial charge in [-0.05, 0) is 24.3 Å². The molecule has 2 fully saturated rings. The van der Waals surface area contributed by atoms with E-state index in [1.54, 1.807) is 0 Å². The van der Waals surface area contributed by atoms with E-state index in [0.29, 0.717) is 0 Å². The van der Waals surface area contributed by atoms with Crippen LogP contribution in [0.4, 0.5) is 16.2 Å². The molecule has 0 saturated carbocycles. The number of amides is 2. The van der Waals surface area contributed by atoms with Crippen molar-refractivity contribution in [2.75, 3.05) is 62.2 Å². The van der Waals surface area contributed by atoms with Crippen molar-refractivity contribution in [3.8, 4) is 0 Å². The topological polar surface area (TPSA) is 30.0 Å². The van der Waals surface area contributed by atoms with Crippen LogP contribution in [0.5, 0.6) is 0 Å². The van der Waals surface area contributed by atoms with Gasteiger partial charge in [-0.1, -0.05) is 36.4 Å². The van der Waals surface area contributed by atoms with Gasteiger partial charge in [0.25, 0.3) is 0 Å². The Bertz CT molecular complexity index is 644. The van der Waals surface area contributed by atoms with Gasteiger partial charge in [-0.2, -0.15) is 0 Å². The summed E-state index contributed by atoms with van der Waals surface area (Å²) < 4.78 is 0. The molecule has 0 aromatic heterocycles. The zero-order valence-corrected chi connectivity index (χ0v) is 15.1. The van der Waals surface area contributed by atoms with Crippen molar-refractivity contribution in [1.82, 2.24) is 9.80 Å². The zero-order chi connectivity index (χ0) is 17.8. The lowest BCUT2D eigenvalue weighted by Gasteiger charge is -2.41. The first-order valence-electron chi connectivity index (χ1n) is 9.45. The van der Waals surface area contributed by atoms with Gasteiger partial charge in [-0.25, -0.2) is 4.79 Å². The quantitative estimate of drug-likeness (QED) is 0.834. The normalized spacial score (nSPS) is 18.2. The number of benzene rings is 2. The number of nitrogens with zero attached hydrogens (tertiary/aromatic N) is 4. The summed E-state index contributed by atoms with van der Waals surface area (Å²) in [5.74, 6) is 0. The number of hydrogen-bond acceptors (Lipinski definition) is 3. The molecule has 5 heteroatoms. The summed E-state index contributed by atoms with van der Waals surface area (Å²) in [6, 6.07) is 21.1. The lowest BCUT2D eigenvalue weighted by atomic mass is 10.2. The highest BCUT2D eigenvalue weighted by Crippen LogP contribution is 2.18. The third-order valence-electron chi connectivity index (χ3n) is 5.34. The van der Waals surface area contributed by atoms with Crippen LogP contribution in [-0.2, 0) is 0 Å². The Hall–Kier alpha value is -2.69. The summed E-state index contributed by atoms with van der Waals surface area (Å²) in [7, 11) is 0. The number of anilines is 2. The maximum atomic E-state index is 12.9.